The van der Waals surface area contributed by atoms with Crippen molar-refractivity contribution in [2.75, 3.05) is 14.2 Å². The van der Waals surface area contributed by atoms with E-state index in [2.05, 4.69) is 5.32 Å². The van der Waals surface area contributed by atoms with Crippen LogP contribution in [0.1, 0.15) is 41.2 Å². The van der Waals surface area contributed by atoms with E-state index in [0.29, 0.717) is 18.6 Å². The topological polar surface area (TPSA) is 77.8 Å². The lowest BCUT2D eigenvalue weighted by Crippen LogP contribution is -2.26. The van der Waals surface area contributed by atoms with Crippen LogP contribution < -0.4 is 14.8 Å². The molecule has 1 atom stereocenters. The zero-order chi connectivity index (χ0) is 23.5. The van der Waals surface area contributed by atoms with Crippen molar-refractivity contribution in [3.05, 3.63) is 63.6 Å². The smallest absolute Gasteiger partial charge is 0.220 e. The minimum Gasteiger partial charge on any atom is -0.497 e. The fraction of sp³-hybridized carbons (Fsp3) is 0.320. The molecule has 3 aromatic heterocycles. The summed E-state index contributed by atoms with van der Waals surface area (Å²) in [7, 11) is 3.25. The Kier molecular flexibility index (Phi) is 6.65. The number of nitrogens with zero attached hydrogens (tertiary/aromatic N) is 3. The third-order valence-corrected chi connectivity index (χ3v) is 6.85. The summed E-state index contributed by atoms with van der Waals surface area (Å²) in [5.74, 6) is 1.43. The fourth-order valence-electron chi connectivity index (χ4n) is 3.99. The molecular weight excluding hydrogens is 436 g/mol. The molecule has 172 valence electrons. The highest BCUT2D eigenvalue weighted by Crippen LogP contribution is 2.33. The number of fused-ring (bicyclic) bond motifs is 1. The van der Waals surface area contributed by atoms with E-state index >= 15 is 0 Å². The van der Waals surface area contributed by atoms with E-state index in [-0.39, 0.29) is 11.9 Å². The average Bonchev–Trinajstić information content (AvgIpc) is 3.49. The van der Waals surface area contributed by atoms with Crippen LogP contribution in [0.3, 0.4) is 0 Å². The van der Waals surface area contributed by atoms with Gasteiger partial charge in [-0.2, -0.15) is 5.10 Å². The summed E-state index contributed by atoms with van der Waals surface area (Å²) >= 11 is 1.65. The molecule has 1 N–H and O–H groups in total. The van der Waals surface area contributed by atoms with Gasteiger partial charge in [-0.05, 0) is 56.3 Å². The summed E-state index contributed by atoms with van der Waals surface area (Å²) in [5.41, 5.74) is 5.33. The molecule has 7 nitrogen and oxygen atoms in total. The van der Waals surface area contributed by atoms with Crippen molar-refractivity contribution in [3.8, 4) is 22.8 Å². The van der Waals surface area contributed by atoms with Crippen LogP contribution in [0.2, 0.25) is 0 Å². The Morgan fingerprint density at radius 2 is 2.00 bits per heavy atom. The monoisotopic (exact) mass is 464 g/mol. The van der Waals surface area contributed by atoms with E-state index in [0.717, 1.165) is 44.5 Å². The van der Waals surface area contributed by atoms with Crippen LogP contribution in [0.5, 0.6) is 11.5 Å². The number of hydrogen-bond donors (Lipinski definition) is 1. The zero-order valence-electron chi connectivity index (χ0n) is 19.5. The van der Waals surface area contributed by atoms with Crippen LogP contribution in [0, 0.1) is 13.8 Å². The number of nitrogens with one attached hydrogen (secondary N) is 1. The number of aromatic nitrogens is 3. The standard InChI is InChI=1S/C25H28N4O3S/c1-15-19(10-11-25(30)27-16(2)23-7-6-12-33-23)17(3)29-24(26-15)14-21(28-29)20-9-8-18(31-4)13-22(20)32-5/h6-9,12-14,16H,10-11H2,1-5H3,(H,27,30)/t16-/m1/s1. The highest BCUT2D eigenvalue weighted by Gasteiger charge is 2.17. The van der Waals surface area contributed by atoms with E-state index in [9.17, 15) is 4.79 Å². The molecule has 4 rings (SSSR count). The maximum atomic E-state index is 12.5. The molecule has 0 fully saturated rings. The molecule has 0 radical (unpaired) electrons. The summed E-state index contributed by atoms with van der Waals surface area (Å²) in [5, 5.41) is 9.89. The van der Waals surface area contributed by atoms with E-state index in [1.54, 1.807) is 25.6 Å². The van der Waals surface area contributed by atoms with Crippen LogP contribution in [-0.2, 0) is 11.2 Å². The molecule has 0 aliphatic carbocycles. The molecule has 0 saturated carbocycles. The van der Waals surface area contributed by atoms with Crippen molar-refractivity contribution in [2.45, 2.75) is 39.7 Å². The highest BCUT2D eigenvalue weighted by atomic mass is 32.1. The molecule has 0 bridgehead atoms. The van der Waals surface area contributed by atoms with E-state index < -0.39 is 0 Å². The fourth-order valence-corrected chi connectivity index (χ4v) is 4.73. The van der Waals surface area contributed by atoms with Crippen LogP contribution >= 0.6 is 11.3 Å². The summed E-state index contributed by atoms with van der Waals surface area (Å²) in [6.45, 7) is 6.01. The van der Waals surface area contributed by atoms with E-state index in [1.165, 1.54) is 0 Å². The number of benzene rings is 1. The predicted octanol–water partition coefficient (Wildman–Crippen LogP) is 4.90. The molecule has 8 heteroatoms. The molecule has 0 unspecified atom stereocenters. The Morgan fingerprint density at radius 1 is 1.18 bits per heavy atom. The number of aryl methyl sites for hydroxylation is 2. The first kappa shape index (κ1) is 22.8. The molecule has 0 saturated heterocycles. The minimum absolute atomic E-state index is 0.00782. The first-order valence-corrected chi connectivity index (χ1v) is 11.7. The van der Waals surface area contributed by atoms with Gasteiger partial charge >= 0.3 is 0 Å². The van der Waals surface area contributed by atoms with Crippen LogP contribution in [0.4, 0.5) is 0 Å². The van der Waals surface area contributed by atoms with Crippen molar-refractivity contribution >= 4 is 22.9 Å². The van der Waals surface area contributed by atoms with E-state index in [4.69, 9.17) is 19.6 Å². The number of amides is 1. The summed E-state index contributed by atoms with van der Waals surface area (Å²) in [6.07, 6.45) is 0.996. The number of carbonyl (C=O) groups is 1. The van der Waals surface area contributed by atoms with Gasteiger partial charge in [-0.25, -0.2) is 9.50 Å². The molecule has 1 aromatic carbocycles. The third-order valence-electron chi connectivity index (χ3n) is 5.80. The van der Waals surface area contributed by atoms with Gasteiger partial charge in [0, 0.05) is 40.4 Å². The number of ether oxygens (including phenoxy) is 2. The van der Waals surface area contributed by atoms with Gasteiger partial charge in [0.1, 0.15) is 11.5 Å². The molecule has 33 heavy (non-hydrogen) atoms. The molecular formula is C25H28N4O3S. The Balaban J connectivity index is 1.56. The van der Waals surface area contributed by atoms with Gasteiger partial charge in [0.05, 0.1) is 26.0 Å². The lowest BCUT2D eigenvalue weighted by atomic mass is 10.1. The van der Waals surface area contributed by atoms with E-state index in [1.807, 2.05) is 67.1 Å². The molecule has 0 aliphatic rings. The molecule has 0 spiro atoms. The number of methoxy groups -OCH3 is 2. The second-order valence-electron chi connectivity index (χ2n) is 7.93. The number of thiophene rings is 1. The maximum Gasteiger partial charge on any atom is 0.220 e. The number of rotatable bonds is 8. The Morgan fingerprint density at radius 3 is 2.70 bits per heavy atom. The molecule has 4 aromatic rings. The lowest BCUT2D eigenvalue weighted by Gasteiger charge is -2.14. The van der Waals surface area contributed by atoms with Crippen molar-refractivity contribution in [1.82, 2.24) is 19.9 Å². The Labute approximate surface area is 197 Å². The van der Waals surface area contributed by atoms with Gasteiger partial charge in [-0.3, -0.25) is 4.79 Å². The number of hydrogen-bond acceptors (Lipinski definition) is 6. The largest absolute Gasteiger partial charge is 0.497 e. The van der Waals surface area contributed by atoms with Gasteiger partial charge in [0.2, 0.25) is 5.91 Å². The zero-order valence-corrected chi connectivity index (χ0v) is 20.3. The molecule has 1 amide bonds. The van der Waals surface area contributed by atoms with Crippen molar-refractivity contribution in [1.29, 1.82) is 0 Å². The van der Waals surface area contributed by atoms with Gasteiger partial charge in [0.15, 0.2) is 5.65 Å². The Hall–Kier alpha value is -3.39. The first-order chi connectivity index (χ1) is 15.9. The summed E-state index contributed by atoms with van der Waals surface area (Å²) < 4.78 is 12.7. The summed E-state index contributed by atoms with van der Waals surface area (Å²) in [4.78, 5) is 18.5. The first-order valence-electron chi connectivity index (χ1n) is 10.8. The lowest BCUT2D eigenvalue weighted by molar-refractivity contribution is -0.121. The van der Waals surface area contributed by atoms with Gasteiger partial charge < -0.3 is 14.8 Å². The SMILES string of the molecule is COc1ccc(-c2cc3nc(C)c(CCC(=O)N[C@H](C)c4cccs4)c(C)n3n2)c(OC)c1. The van der Waals surface area contributed by atoms with Gasteiger partial charge in [-0.1, -0.05) is 6.07 Å². The van der Waals surface area contributed by atoms with Gasteiger partial charge in [-0.15, -0.1) is 11.3 Å². The Bertz CT molecular complexity index is 1280. The minimum atomic E-state index is 0.00782. The summed E-state index contributed by atoms with van der Waals surface area (Å²) in [6, 6.07) is 11.6. The normalized spacial score (nSPS) is 12.0. The van der Waals surface area contributed by atoms with Crippen LogP contribution in [0.25, 0.3) is 16.9 Å². The van der Waals surface area contributed by atoms with Crippen molar-refractivity contribution in [2.24, 2.45) is 0 Å². The molecule has 0 aliphatic heterocycles. The highest BCUT2D eigenvalue weighted by molar-refractivity contribution is 7.10. The van der Waals surface area contributed by atoms with Crippen LogP contribution in [0.15, 0.2) is 41.8 Å². The predicted molar refractivity (Wildman–Crippen MR) is 130 cm³/mol. The van der Waals surface area contributed by atoms with Crippen molar-refractivity contribution < 1.29 is 14.3 Å². The quantitative estimate of drug-likeness (QED) is 0.401. The second-order valence-corrected chi connectivity index (χ2v) is 8.91. The van der Waals surface area contributed by atoms with Crippen molar-refractivity contribution in [3.63, 3.8) is 0 Å². The third kappa shape index (κ3) is 4.71. The number of carbonyl (C=O) groups excluding carboxylic acids is 1. The second kappa shape index (κ2) is 9.62. The maximum absolute atomic E-state index is 12.5. The van der Waals surface area contributed by atoms with Gasteiger partial charge in [0.25, 0.3) is 0 Å². The average molecular weight is 465 g/mol. The molecule has 3 heterocycles. The van der Waals surface area contributed by atoms with Crippen LogP contribution in [-0.4, -0.2) is 34.7 Å².